The molecule has 1 aliphatic rings. The van der Waals surface area contributed by atoms with Crippen LogP contribution in [0.4, 0.5) is 0 Å². The second kappa shape index (κ2) is 7.26. The summed E-state index contributed by atoms with van der Waals surface area (Å²) in [7, 11) is 3.86. The number of allylic oxidation sites excluding steroid dienone is 2. The van der Waals surface area contributed by atoms with Crippen LogP contribution in [-0.2, 0) is 0 Å². The fourth-order valence-electron chi connectivity index (χ4n) is 1.15. The van der Waals surface area contributed by atoms with Crippen molar-refractivity contribution in [1.29, 1.82) is 0 Å². The van der Waals surface area contributed by atoms with Gasteiger partial charge in [0.2, 0.25) is 0 Å². The molecule has 0 aliphatic carbocycles. The van der Waals surface area contributed by atoms with E-state index in [1.54, 1.807) is 0 Å². The molecule has 1 unspecified atom stereocenters. The Hall–Kier alpha value is -0.0600. The van der Waals surface area contributed by atoms with Crippen LogP contribution < -0.4 is 5.73 Å². The van der Waals surface area contributed by atoms with Crippen LogP contribution in [0.2, 0.25) is 0 Å². The van der Waals surface area contributed by atoms with Crippen LogP contribution in [0.25, 0.3) is 0 Å². The largest absolute Gasteiger partial charge is 0.360 e. The van der Waals surface area contributed by atoms with Gasteiger partial charge in [-0.25, -0.2) is 0 Å². The molecule has 1 atom stereocenters. The van der Waals surface area contributed by atoms with Crippen molar-refractivity contribution in [2.75, 3.05) is 18.8 Å². The van der Waals surface area contributed by atoms with E-state index >= 15 is 0 Å². The monoisotopic (exact) mass is 230 g/mol. The first kappa shape index (κ1) is 12.0. The van der Waals surface area contributed by atoms with E-state index in [2.05, 4.69) is 36.3 Å². The van der Waals surface area contributed by atoms with Gasteiger partial charge in [0.05, 0.1) is 0 Å². The molecule has 0 amide bonds. The van der Waals surface area contributed by atoms with Crippen molar-refractivity contribution >= 4 is 21.6 Å². The van der Waals surface area contributed by atoms with Gasteiger partial charge in [-0.2, -0.15) is 0 Å². The van der Waals surface area contributed by atoms with Gasteiger partial charge in [-0.05, 0) is 12.5 Å². The quantitative estimate of drug-likeness (QED) is 0.560. The zero-order valence-corrected chi connectivity index (χ0v) is 10.2. The summed E-state index contributed by atoms with van der Waals surface area (Å²) in [6.45, 7) is 3.86. The molecule has 0 aromatic carbocycles. The molecule has 0 aromatic heterocycles. The Kier molecular flexibility index (Phi) is 6.23. The first-order chi connectivity index (χ1) is 6.88. The van der Waals surface area contributed by atoms with E-state index in [9.17, 15) is 0 Å². The van der Waals surface area contributed by atoms with Gasteiger partial charge in [0, 0.05) is 25.0 Å². The molecule has 2 N–H and O–H groups in total. The maximum absolute atomic E-state index is 5.56. The van der Waals surface area contributed by atoms with Crippen LogP contribution in [0.15, 0.2) is 24.4 Å². The van der Waals surface area contributed by atoms with Gasteiger partial charge in [0.25, 0.3) is 0 Å². The zero-order valence-electron chi connectivity index (χ0n) is 8.56. The Morgan fingerprint density at radius 3 is 3.00 bits per heavy atom. The van der Waals surface area contributed by atoms with Crippen molar-refractivity contribution in [3.05, 3.63) is 24.4 Å². The summed E-state index contributed by atoms with van der Waals surface area (Å²) in [5, 5.41) is 0.458. The highest BCUT2D eigenvalue weighted by atomic mass is 33.1. The third-order valence-corrected chi connectivity index (χ3v) is 4.67. The maximum Gasteiger partial charge on any atom is 0.104 e. The van der Waals surface area contributed by atoms with Crippen LogP contribution in [0.3, 0.4) is 0 Å². The summed E-state index contributed by atoms with van der Waals surface area (Å²) in [5.74, 6) is 1.22. The van der Waals surface area contributed by atoms with Crippen LogP contribution in [0.5, 0.6) is 0 Å². The smallest absolute Gasteiger partial charge is 0.104 e. The highest BCUT2D eigenvalue weighted by molar-refractivity contribution is 8.77. The molecule has 0 bridgehead atoms. The number of hydrogen-bond acceptors (Lipinski definition) is 4. The minimum Gasteiger partial charge on any atom is -0.360 e. The van der Waals surface area contributed by atoms with E-state index < -0.39 is 0 Å². The molecule has 0 spiro atoms. The van der Waals surface area contributed by atoms with Crippen molar-refractivity contribution < 1.29 is 0 Å². The Bertz CT molecular complexity index is 204. The summed E-state index contributed by atoms with van der Waals surface area (Å²) in [6.07, 6.45) is 9.76. The average molecular weight is 230 g/mol. The third-order valence-electron chi connectivity index (χ3n) is 1.83. The van der Waals surface area contributed by atoms with Crippen molar-refractivity contribution in [3.63, 3.8) is 0 Å². The molecule has 4 heteroatoms. The van der Waals surface area contributed by atoms with Crippen LogP contribution >= 0.6 is 21.6 Å². The van der Waals surface area contributed by atoms with E-state index in [1.807, 2.05) is 21.6 Å². The molecular formula is C10H18N2S2. The molecule has 1 rings (SSSR count). The van der Waals surface area contributed by atoms with Gasteiger partial charge in [-0.1, -0.05) is 40.7 Å². The zero-order chi connectivity index (χ0) is 10.2. The lowest BCUT2D eigenvalue weighted by Gasteiger charge is -2.28. The topological polar surface area (TPSA) is 29.3 Å². The van der Waals surface area contributed by atoms with Crippen molar-refractivity contribution in [2.24, 2.45) is 5.73 Å². The molecule has 0 saturated carbocycles. The van der Waals surface area contributed by atoms with Crippen LogP contribution in [-0.4, -0.2) is 29.1 Å². The summed E-state index contributed by atoms with van der Waals surface area (Å²) >= 11 is 0. The standard InChI is InChI=1S/C10H18N2S2/c1-2-9-13-14-10-5-3-4-7-12(10)8-6-11/h3-5,7,10H,2,6,8-9,11H2,1H3. The Morgan fingerprint density at radius 2 is 2.29 bits per heavy atom. The average Bonchev–Trinajstić information content (AvgIpc) is 2.21. The molecule has 80 valence electrons. The van der Waals surface area contributed by atoms with Crippen LogP contribution in [0.1, 0.15) is 13.3 Å². The van der Waals surface area contributed by atoms with Gasteiger partial charge in [0.1, 0.15) is 5.37 Å². The van der Waals surface area contributed by atoms with Crippen LogP contribution in [0, 0.1) is 0 Å². The Balaban J connectivity index is 2.32. The lowest BCUT2D eigenvalue weighted by Crippen LogP contribution is -2.32. The summed E-state index contributed by atoms with van der Waals surface area (Å²) < 4.78 is 0. The fourth-order valence-corrected chi connectivity index (χ4v) is 3.73. The first-order valence-corrected chi connectivity index (χ1v) is 7.35. The summed E-state index contributed by atoms with van der Waals surface area (Å²) in [4.78, 5) is 2.29. The van der Waals surface area contributed by atoms with E-state index in [-0.39, 0.29) is 0 Å². The Labute approximate surface area is 94.4 Å². The second-order valence-corrected chi connectivity index (χ2v) is 5.67. The molecule has 0 fully saturated rings. The van der Waals surface area contributed by atoms with Crippen molar-refractivity contribution in [3.8, 4) is 0 Å². The summed E-state index contributed by atoms with van der Waals surface area (Å²) in [6, 6.07) is 0. The lowest BCUT2D eigenvalue weighted by molar-refractivity contribution is 0.398. The summed E-state index contributed by atoms with van der Waals surface area (Å²) in [5.41, 5.74) is 5.56. The molecule has 0 saturated heterocycles. The predicted octanol–water partition coefficient (Wildman–Crippen LogP) is 2.45. The van der Waals surface area contributed by atoms with E-state index in [0.29, 0.717) is 11.9 Å². The fraction of sp³-hybridized carbons (Fsp3) is 0.600. The van der Waals surface area contributed by atoms with E-state index in [1.165, 1.54) is 12.2 Å². The molecule has 14 heavy (non-hydrogen) atoms. The van der Waals surface area contributed by atoms with Gasteiger partial charge in [0.15, 0.2) is 0 Å². The minimum absolute atomic E-state index is 0.458. The van der Waals surface area contributed by atoms with Gasteiger partial charge >= 0.3 is 0 Å². The number of nitrogens with zero attached hydrogens (tertiary/aromatic N) is 1. The van der Waals surface area contributed by atoms with E-state index in [0.717, 1.165) is 6.54 Å². The number of hydrogen-bond donors (Lipinski definition) is 1. The third kappa shape index (κ3) is 3.98. The number of nitrogens with two attached hydrogens (primary N) is 1. The SMILES string of the molecule is CCCSSC1C=CC=CN1CCN. The molecule has 0 aromatic rings. The first-order valence-electron chi connectivity index (χ1n) is 4.97. The van der Waals surface area contributed by atoms with E-state index in [4.69, 9.17) is 5.73 Å². The normalized spacial score (nSPS) is 20.4. The van der Waals surface area contributed by atoms with Gasteiger partial charge in [-0.3, -0.25) is 0 Å². The highest BCUT2D eigenvalue weighted by Gasteiger charge is 2.13. The molecule has 1 heterocycles. The minimum atomic E-state index is 0.458. The maximum atomic E-state index is 5.56. The van der Waals surface area contributed by atoms with Gasteiger partial charge in [-0.15, -0.1) is 0 Å². The van der Waals surface area contributed by atoms with Crippen molar-refractivity contribution in [1.82, 2.24) is 4.90 Å². The lowest BCUT2D eigenvalue weighted by atomic mass is 10.3. The second-order valence-electron chi connectivity index (χ2n) is 3.06. The molecule has 1 aliphatic heterocycles. The molecule has 0 radical (unpaired) electrons. The molecular weight excluding hydrogens is 212 g/mol. The van der Waals surface area contributed by atoms with Crippen molar-refractivity contribution in [2.45, 2.75) is 18.7 Å². The van der Waals surface area contributed by atoms with Gasteiger partial charge < -0.3 is 10.6 Å². The molecule has 2 nitrogen and oxygen atoms in total. The number of rotatable bonds is 6. The highest BCUT2D eigenvalue weighted by Crippen LogP contribution is 2.31. The predicted molar refractivity (Wildman–Crippen MR) is 68.2 cm³/mol. The Morgan fingerprint density at radius 1 is 1.43 bits per heavy atom.